The summed E-state index contributed by atoms with van der Waals surface area (Å²) in [5.74, 6) is 0.0835. The summed E-state index contributed by atoms with van der Waals surface area (Å²) in [6.07, 6.45) is 1.43. The fraction of sp³-hybridized carbons (Fsp3) is 0.500. The van der Waals surface area contributed by atoms with Gasteiger partial charge in [0, 0.05) is 21.7 Å². The van der Waals surface area contributed by atoms with Crippen LogP contribution in [0.2, 0.25) is 0 Å². The van der Waals surface area contributed by atoms with Crippen LogP contribution in [0.5, 0.6) is 0 Å². The van der Waals surface area contributed by atoms with Crippen molar-refractivity contribution in [2.24, 2.45) is 0 Å². The van der Waals surface area contributed by atoms with E-state index in [-0.39, 0.29) is 5.91 Å². The Balaban J connectivity index is 2.33. The van der Waals surface area contributed by atoms with E-state index in [0.29, 0.717) is 12.5 Å². The molecule has 1 aromatic rings. The van der Waals surface area contributed by atoms with Crippen LogP contribution in [-0.2, 0) is 4.79 Å². The second-order valence-electron chi connectivity index (χ2n) is 4.72. The topological polar surface area (TPSA) is 41.1 Å². The first kappa shape index (κ1) is 15.4. The minimum Gasteiger partial charge on any atom is -0.326 e. The molecule has 1 amide bonds. The van der Waals surface area contributed by atoms with Gasteiger partial charge in [0.15, 0.2) is 0 Å². The fourth-order valence-corrected chi connectivity index (χ4v) is 2.05. The zero-order valence-electron chi connectivity index (χ0n) is 11.2. The quantitative estimate of drug-likeness (QED) is 0.604. The zero-order chi connectivity index (χ0) is 13.5. The van der Waals surface area contributed by atoms with Gasteiger partial charge in [0.2, 0.25) is 5.91 Å². The Bertz CT molecular complexity index is 405. The van der Waals surface area contributed by atoms with Crippen molar-refractivity contribution in [3.63, 3.8) is 0 Å². The maximum absolute atomic E-state index is 11.7. The van der Waals surface area contributed by atoms with Gasteiger partial charge in [0.05, 0.1) is 0 Å². The minimum absolute atomic E-state index is 0.0835. The average molecular weight is 360 g/mol. The molecule has 0 atom stereocenters. The van der Waals surface area contributed by atoms with Gasteiger partial charge < -0.3 is 10.6 Å². The van der Waals surface area contributed by atoms with Gasteiger partial charge in [-0.3, -0.25) is 4.79 Å². The smallest absolute Gasteiger partial charge is 0.224 e. The molecule has 0 fully saturated rings. The van der Waals surface area contributed by atoms with E-state index in [1.54, 1.807) is 0 Å². The number of halogens is 1. The molecule has 1 aromatic carbocycles. The Morgan fingerprint density at radius 2 is 2.11 bits per heavy atom. The molecule has 18 heavy (non-hydrogen) atoms. The van der Waals surface area contributed by atoms with Gasteiger partial charge in [-0.1, -0.05) is 19.9 Å². The first-order valence-electron chi connectivity index (χ1n) is 6.28. The SMILES string of the molecule is Cc1ccc(NC(=O)CCCNC(C)C)cc1I. The molecular formula is C14H21IN2O. The van der Waals surface area contributed by atoms with Crippen LogP contribution in [0.3, 0.4) is 0 Å². The molecule has 4 heteroatoms. The largest absolute Gasteiger partial charge is 0.326 e. The van der Waals surface area contributed by atoms with E-state index in [1.165, 1.54) is 9.13 Å². The summed E-state index contributed by atoms with van der Waals surface area (Å²) in [7, 11) is 0. The van der Waals surface area contributed by atoms with Gasteiger partial charge in [0.1, 0.15) is 0 Å². The number of aryl methyl sites for hydroxylation is 1. The third kappa shape index (κ3) is 5.82. The molecule has 2 N–H and O–H groups in total. The third-order valence-corrected chi connectivity index (χ3v) is 3.75. The van der Waals surface area contributed by atoms with Crippen molar-refractivity contribution in [1.82, 2.24) is 5.32 Å². The molecule has 1 rings (SSSR count). The molecule has 0 aliphatic heterocycles. The van der Waals surface area contributed by atoms with Gasteiger partial charge >= 0.3 is 0 Å². The van der Waals surface area contributed by atoms with Gasteiger partial charge in [-0.25, -0.2) is 0 Å². The van der Waals surface area contributed by atoms with Crippen LogP contribution in [0.15, 0.2) is 18.2 Å². The molecule has 0 saturated heterocycles. The van der Waals surface area contributed by atoms with E-state index >= 15 is 0 Å². The molecule has 0 aromatic heterocycles. The van der Waals surface area contributed by atoms with Crippen LogP contribution in [0.4, 0.5) is 5.69 Å². The van der Waals surface area contributed by atoms with Gasteiger partial charge in [-0.05, 0) is 60.2 Å². The Kier molecular flexibility index (Phi) is 6.63. The summed E-state index contributed by atoms with van der Waals surface area (Å²) in [6.45, 7) is 7.16. The van der Waals surface area contributed by atoms with Crippen LogP contribution in [0, 0.1) is 10.5 Å². The molecule has 0 spiro atoms. The summed E-state index contributed by atoms with van der Waals surface area (Å²) >= 11 is 2.28. The summed E-state index contributed by atoms with van der Waals surface area (Å²) < 4.78 is 1.17. The van der Waals surface area contributed by atoms with E-state index in [2.05, 4.69) is 54.0 Å². The third-order valence-electron chi connectivity index (χ3n) is 2.59. The zero-order valence-corrected chi connectivity index (χ0v) is 13.4. The number of carbonyl (C=O) groups excluding carboxylic acids is 1. The number of anilines is 1. The lowest BCUT2D eigenvalue weighted by Gasteiger charge is -2.09. The van der Waals surface area contributed by atoms with Crippen molar-refractivity contribution >= 4 is 34.2 Å². The molecule has 0 aliphatic carbocycles. The van der Waals surface area contributed by atoms with E-state index in [1.807, 2.05) is 18.2 Å². The lowest BCUT2D eigenvalue weighted by molar-refractivity contribution is -0.116. The Labute approximate surface area is 123 Å². The number of amides is 1. The van der Waals surface area contributed by atoms with E-state index < -0.39 is 0 Å². The first-order chi connectivity index (χ1) is 8.49. The number of hydrogen-bond acceptors (Lipinski definition) is 2. The monoisotopic (exact) mass is 360 g/mol. The maximum Gasteiger partial charge on any atom is 0.224 e. The van der Waals surface area contributed by atoms with Crippen molar-refractivity contribution in [3.05, 3.63) is 27.3 Å². The van der Waals surface area contributed by atoms with Crippen molar-refractivity contribution in [1.29, 1.82) is 0 Å². The average Bonchev–Trinajstić information content (AvgIpc) is 2.29. The van der Waals surface area contributed by atoms with Gasteiger partial charge in [-0.2, -0.15) is 0 Å². The predicted molar refractivity (Wildman–Crippen MR) is 84.9 cm³/mol. The Hall–Kier alpha value is -0.620. The summed E-state index contributed by atoms with van der Waals surface area (Å²) in [5, 5.41) is 6.23. The fourth-order valence-electron chi connectivity index (χ4n) is 1.53. The van der Waals surface area contributed by atoms with Crippen LogP contribution in [-0.4, -0.2) is 18.5 Å². The molecule has 0 heterocycles. The Morgan fingerprint density at radius 3 is 2.72 bits per heavy atom. The Morgan fingerprint density at radius 1 is 1.39 bits per heavy atom. The highest BCUT2D eigenvalue weighted by Crippen LogP contribution is 2.17. The maximum atomic E-state index is 11.7. The summed E-state index contributed by atoms with van der Waals surface area (Å²) in [6, 6.07) is 6.45. The van der Waals surface area contributed by atoms with E-state index in [9.17, 15) is 4.79 Å². The number of benzene rings is 1. The first-order valence-corrected chi connectivity index (χ1v) is 7.36. The molecule has 0 unspecified atom stereocenters. The normalized spacial score (nSPS) is 10.7. The second-order valence-corrected chi connectivity index (χ2v) is 5.89. The van der Waals surface area contributed by atoms with Crippen molar-refractivity contribution in [2.45, 2.75) is 39.7 Å². The lowest BCUT2D eigenvalue weighted by atomic mass is 10.2. The number of hydrogen-bond donors (Lipinski definition) is 2. The van der Waals surface area contributed by atoms with E-state index in [4.69, 9.17) is 0 Å². The van der Waals surface area contributed by atoms with Crippen LogP contribution in [0.25, 0.3) is 0 Å². The highest BCUT2D eigenvalue weighted by Gasteiger charge is 2.03. The standard InChI is InChI=1S/C14H21IN2O/c1-10(2)16-8-4-5-14(18)17-12-7-6-11(3)13(15)9-12/h6-7,9-10,16H,4-5,8H2,1-3H3,(H,17,18). The molecule has 0 radical (unpaired) electrons. The summed E-state index contributed by atoms with van der Waals surface area (Å²) in [5.41, 5.74) is 2.11. The molecule has 0 aliphatic rings. The van der Waals surface area contributed by atoms with E-state index in [0.717, 1.165) is 18.7 Å². The van der Waals surface area contributed by atoms with Crippen molar-refractivity contribution in [2.75, 3.05) is 11.9 Å². The van der Waals surface area contributed by atoms with Crippen molar-refractivity contribution in [3.8, 4) is 0 Å². The highest BCUT2D eigenvalue weighted by atomic mass is 127. The number of carbonyl (C=O) groups is 1. The van der Waals surface area contributed by atoms with Crippen LogP contribution >= 0.6 is 22.6 Å². The lowest BCUT2D eigenvalue weighted by Crippen LogP contribution is -2.24. The van der Waals surface area contributed by atoms with Crippen LogP contribution < -0.4 is 10.6 Å². The highest BCUT2D eigenvalue weighted by molar-refractivity contribution is 14.1. The van der Waals surface area contributed by atoms with Gasteiger partial charge in [-0.15, -0.1) is 0 Å². The number of rotatable bonds is 6. The second kappa shape index (κ2) is 7.74. The van der Waals surface area contributed by atoms with Crippen LogP contribution in [0.1, 0.15) is 32.3 Å². The van der Waals surface area contributed by atoms with Gasteiger partial charge in [0.25, 0.3) is 0 Å². The minimum atomic E-state index is 0.0835. The molecule has 100 valence electrons. The molecule has 3 nitrogen and oxygen atoms in total. The van der Waals surface area contributed by atoms with Crippen molar-refractivity contribution < 1.29 is 4.79 Å². The molecule has 0 bridgehead atoms. The molecule has 0 saturated carbocycles. The summed E-state index contributed by atoms with van der Waals surface area (Å²) in [4.78, 5) is 11.7. The predicted octanol–water partition coefficient (Wildman–Crippen LogP) is 3.32. The molecular weight excluding hydrogens is 339 g/mol. The number of nitrogens with one attached hydrogen (secondary N) is 2.